The lowest BCUT2D eigenvalue weighted by atomic mass is 10.0. The molecule has 0 amide bonds. The molecule has 0 radical (unpaired) electrons. The molecule has 25 heavy (non-hydrogen) atoms. The van der Waals surface area contributed by atoms with Crippen LogP contribution in [-0.2, 0) is 4.74 Å². The van der Waals surface area contributed by atoms with E-state index in [1.54, 1.807) is 0 Å². The summed E-state index contributed by atoms with van der Waals surface area (Å²) in [6.45, 7) is 5.59. The van der Waals surface area contributed by atoms with E-state index in [4.69, 9.17) is 4.74 Å². The molecular formula is C22H22N2O. The van der Waals surface area contributed by atoms with E-state index in [1.807, 2.05) is 6.20 Å². The fourth-order valence-electron chi connectivity index (χ4n) is 3.34. The largest absolute Gasteiger partial charge is 0.378 e. The molecule has 1 aliphatic rings. The highest BCUT2D eigenvalue weighted by molar-refractivity contribution is 5.92. The number of rotatable bonds is 3. The number of anilines is 1. The Morgan fingerprint density at radius 3 is 2.68 bits per heavy atom. The number of pyridine rings is 1. The van der Waals surface area contributed by atoms with Crippen LogP contribution in [0.25, 0.3) is 22.9 Å². The minimum absolute atomic E-state index is 0.795. The normalized spacial score (nSPS) is 15.2. The average Bonchev–Trinajstić information content (AvgIpc) is 2.68. The van der Waals surface area contributed by atoms with Crippen LogP contribution in [0.4, 0.5) is 5.69 Å². The van der Waals surface area contributed by atoms with Crippen molar-refractivity contribution in [1.29, 1.82) is 0 Å². The number of benzene rings is 2. The first-order valence-electron chi connectivity index (χ1n) is 8.76. The number of hydrogen-bond acceptors (Lipinski definition) is 3. The summed E-state index contributed by atoms with van der Waals surface area (Å²) in [5.74, 6) is 0. The molecule has 1 saturated heterocycles. The maximum Gasteiger partial charge on any atom is 0.0650 e. The molecule has 3 heteroatoms. The summed E-state index contributed by atoms with van der Waals surface area (Å²) < 4.78 is 5.47. The zero-order valence-electron chi connectivity index (χ0n) is 14.5. The lowest BCUT2D eigenvalue weighted by Gasteiger charge is -2.30. The maximum absolute atomic E-state index is 5.47. The van der Waals surface area contributed by atoms with Gasteiger partial charge in [0.25, 0.3) is 0 Å². The number of ether oxygens (including phenoxy) is 1. The van der Waals surface area contributed by atoms with Gasteiger partial charge in [0.1, 0.15) is 0 Å². The Bertz CT molecular complexity index is 906. The average molecular weight is 330 g/mol. The first-order chi connectivity index (χ1) is 12.3. The predicted molar refractivity (Wildman–Crippen MR) is 105 cm³/mol. The highest BCUT2D eigenvalue weighted by Gasteiger charge is 2.13. The molecule has 1 aromatic heterocycles. The van der Waals surface area contributed by atoms with Crippen molar-refractivity contribution in [2.75, 3.05) is 31.2 Å². The minimum Gasteiger partial charge on any atom is -0.378 e. The molecule has 0 saturated carbocycles. The third-order valence-corrected chi connectivity index (χ3v) is 4.70. The van der Waals surface area contributed by atoms with Gasteiger partial charge in [0.2, 0.25) is 0 Å². The smallest absolute Gasteiger partial charge is 0.0650 e. The van der Waals surface area contributed by atoms with E-state index in [1.165, 1.54) is 27.6 Å². The van der Waals surface area contributed by atoms with Crippen LogP contribution in [0.3, 0.4) is 0 Å². The summed E-state index contributed by atoms with van der Waals surface area (Å²) >= 11 is 0. The van der Waals surface area contributed by atoms with Crippen molar-refractivity contribution in [2.45, 2.75) is 6.92 Å². The molecule has 0 N–H and O–H groups in total. The summed E-state index contributed by atoms with van der Waals surface area (Å²) in [6, 6.07) is 17.0. The van der Waals surface area contributed by atoms with Crippen LogP contribution in [0.2, 0.25) is 0 Å². The monoisotopic (exact) mass is 330 g/mol. The Labute approximate surface area is 148 Å². The number of aromatic nitrogens is 1. The standard InChI is InChI=1S/C22H22N2O/c1-17-16-23-20(15-22(17)24-11-13-25-14-12-24)10-9-19-7-4-6-18-5-2-3-8-21(18)19/h2-10,15-16H,11-14H2,1H3/b10-9+. The van der Waals surface area contributed by atoms with E-state index in [9.17, 15) is 0 Å². The first kappa shape index (κ1) is 15.9. The number of fused-ring (bicyclic) bond motifs is 1. The third-order valence-electron chi connectivity index (χ3n) is 4.70. The van der Waals surface area contributed by atoms with Gasteiger partial charge in [-0.1, -0.05) is 48.5 Å². The zero-order chi connectivity index (χ0) is 17.1. The van der Waals surface area contributed by atoms with Crippen molar-refractivity contribution in [1.82, 2.24) is 4.98 Å². The van der Waals surface area contributed by atoms with Gasteiger partial charge in [-0.05, 0) is 41.0 Å². The van der Waals surface area contributed by atoms with Crippen molar-refractivity contribution in [2.24, 2.45) is 0 Å². The van der Waals surface area contributed by atoms with Crippen molar-refractivity contribution < 1.29 is 4.74 Å². The summed E-state index contributed by atoms with van der Waals surface area (Å²) in [7, 11) is 0. The molecule has 4 rings (SSSR count). The van der Waals surface area contributed by atoms with Crippen molar-refractivity contribution in [3.8, 4) is 0 Å². The van der Waals surface area contributed by atoms with Crippen molar-refractivity contribution >= 4 is 28.6 Å². The summed E-state index contributed by atoms with van der Waals surface area (Å²) in [6.07, 6.45) is 6.22. The van der Waals surface area contributed by atoms with Gasteiger partial charge in [-0.2, -0.15) is 0 Å². The first-order valence-corrected chi connectivity index (χ1v) is 8.76. The maximum atomic E-state index is 5.47. The van der Waals surface area contributed by atoms with Crippen LogP contribution in [0.1, 0.15) is 16.8 Å². The molecule has 126 valence electrons. The van der Waals surface area contributed by atoms with Gasteiger partial charge in [0.05, 0.1) is 18.9 Å². The number of hydrogen-bond donors (Lipinski definition) is 0. The Morgan fingerprint density at radius 1 is 1.00 bits per heavy atom. The molecule has 0 bridgehead atoms. The molecule has 1 fully saturated rings. The van der Waals surface area contributed by atoms with Gasteiger partial charge >= 0.3 is 0 Å². The van der Waals surface area contributed by atoms with Crippen LogP contribution in [0, 0.1) is 6.92 Å². The zero-order valence-corrected chi connectivity index (χ0v) is 14.5. The second-order valence-corrected chi connectivity index (χ2v) is 6.40. The van der Waals surface area contributed by atoms with Gasteiger partial charge in [0.15, 0.2) is 0 Å². The molecule has 0 unspecified atom stereocenters. The third kappa shape index (κ3) is 3.42. The molecule has 2 heterocycles. The summed E-state index contributed by atoms with van der Waals surface area (Å²) in [4.78, 5) is 6.97. The van der Waals surface area contributed by atoms with Crippen LogP contribution in [-0.4, -0.2) is 31.3 Å². The van der Waals surface area contributed by atoms with Gasteiger partial charge in [0, 0.05) is 25.0 Å². The highest BCUT2D eigenvalue weighted by atomic mass is 16.5. The number of morpholine rings is 1. The van der Waals surface area contributed by atoms with E-state index < -0.39 is 0 Å². The predicted octanol–water partition coefficient (Wildman–Crippen LogP) is 4.55. The topological polar surface area (TPSA) is 25.4 Å². The Kier molecular flexibility index (Phi) is 4.49. The molecule has 3 aromatic rings. The van der Waals surface area contributed by atoms with Crippen molar-refractivity contribution in [3.63, 3.8) is 0 Å². The van der Waals surface area contributed by atoms with E-state index in [0.717, 1.165) is 32.0 Å². The minimum atomic E-state index is 0.795. The van der Waals surface area contributed by atoms with Gasteiger partial charge in [-0.3, -0.25) is 4.98 Å². The quantitative estimate of drug-likeness (QED) is 0.704. The molecule has 0 atom stereocenters. The van der Waals surface area contributed by atoms with E-state index in [0.29, 0.717) is 0 Å². The van der Waals surface area contributed by atoms with Gasteiger partial charge in [-0.25, -0.2) is 0 Å². The molecule has 0 spiro atoms. The fraction of sp³-hybridized carbons (Fsp3) is 0.227. The van der Waals surface area contributed by atoms with E-state index in [-0.39, 0.29) is 0 Å². The highest BCUT2D eigenvalue weighted by Crippen LogP contribution is 2.24. The summed E-state index contributed by atoms with van der Waals surface area (Å²) in [5.41, 5.74) is 4.67. The number of aryl methyl sites for hydroxylation is 1. The number of nitrogens with zero attached hydrogens (tertiary/aromatic N) is 2. The van der Waals surface area contributed by atoms with E-state index >= 15 is 0 Å². The molecule has 3 nitrogen and oxygen atoms in total. The Balaban J connectivity index is 1.65. The van der Waals surface area contributed by atoms with Gasteiger partial charge in [-0.15, -0.1) is 0 Å². The van der Waals surface area contributed by atoms with Crippen LogP contribution >= 0.6 is 0 Å². The second kappa shape index (κ2) is 7.08. The van der Waals surface area contributed by atoms with Crippen molar-refractivity contribution in [3.05, 3.63) is 71.5 Å². The molecule has 0 aliphatic carbocycles. The molecule has 1 aliphatic heterocycles. The summed E-state index contributed by atoms with van der Waals surface area (Å²) in [5, 5.41) is 2.53. The van der Waals surface area contributed by atoms with Crippen LogP contribution < -0.4 is 4.90 Å². The van der Waals surface area contributed by atoms with Crippen LogP contribution in [0.5, 0.6) is 0 Å². The lowest BCUT2D eigenvalue weighted by Crippen LogP contribution is -2.36. The van der Waals surface area contributed by atoms with Gasteiger partial charge < -0.3 is 9.64 Å². The molecule has 2 aromatic carbocycles. The van der Waals surface area contributed by atoms with E-state index in [2.05, 4.69) is 77.5 Å². The molecular weight excluding hydrogens is 308 g/mol. The second-order valence-electron chi connectivity index (χ2n) is 6.40. The Morgan fingerprint density at radius 2 is 1.80 bits per heavy atom. The Hall–Kier alpha value is -2.65. The fourth-order valence-corrected chi connectivity index (χ4v) is 3.34. The van der Waals surface area contributed by atoms with Crippen LogP contribution in [0.15, 0.2) is 54.7 Å². The lowest BCUT2D eigenvalue weighted by molar-refractivity contribution is 0.122. The SMILES string of the molecule is Cc1cnc(/C=C/c2cccc3ccccc23)cc1N1CCOCC1.